The first-order valence-electron chi connectivity index (χ1n) is 4.68. The molecule has 2 rings (SSSR count). The lowest BCUT2D eigenvalue weighted by Crippen LogP contribution is -2.15. The molecule has 94 valence electrons. The van der Waals surface area contributed by atoms with Crippen LogP contribution in [0.1, 0.15) is 5.56 Å². The average Bonchev–Trinajstić information content (AvgIpc) is 2.26. The van der Waals surface area contributed by atoms with Crippen molar-refractivity contribution in [3.05, 3.63) is 45.6 Å². The van der Waals surface area contributed by atoms with E-state index in [1.54, 1.807) is 0 Å². The van der Waals surface area contributed by atoms with Gasteiger partial charge >= 0.3 is 11.9 Å². The number of halogens is 4. The highest BCUT2D eigenvalue weighted by atomic mass is 35.5. The van der Waals surface area contributed by atoms with Gasteiger partial charge in [-0.15, -0.1) is 0 Å². The topological polar surface area (TPSA) is 58.6 Å². The number of rotatable bonds is 1. The molecule has 0 atom stereocenters. The molecule has 18 heavy (non-hydrogen) atoms. The molecule has 0 saturated heterocycles. The van der Waals surface area contributed by atoms with Crippen LogP contribution in [0.3, 0.4) is 0 Å². The summed E-state index contributed by atoms with van der Waals surface area (Å²) in [6.07, 6.45) is -4.56. The molecule has 0 bridgehead atoms. The van der Waals surface area contributed by atoms with Crippen LogP contribution in [0, 0.1) is 0 Å². The molecule has 0 saturated carbocycles. The lowest BCUT2D eigenvalue weighted by Gasteiger charge is -2.11. The molecule has 2 aromatic rings. The van der Waals surface area contributed by atoms with E-state index in [1.807, 2.05) is 4.98 Å². The standard InChI is InChI=1S/C10H5ClF3N3O/c11-8-15-7(16-9(18)17-8)5-3-1-2-4-6(5)10(12,13)14/h1-4H,(H,15,16,17,18). The fourth-order valence-corrected chi connectivity index (χ4v) is 1.56. The van der Waals surface area contributed by atoms with Crippen LogP contribution in [0.25, 0.3) is 11.4 Å². The number of alkyl halides is 3. The first kappa shape index (κ1) is 12.6. The molecule has 0 aliphatic rings. The van der Waals surface area contributed by atoms with Gasteiger partial charge in [-0.25, -0.2) is 4.79 Å². The van der Waals surface area contributed by atoms with E-state index in [4.69, 9.17) is 11.6 Å². The second-order valence-corrected chi connectivity index (χ2v) is 3.67. The number of H-pyrrole nitrogens is 1. The second kappa shape index (κ2) is 4.41. The summed E-state index contributed by atoms with van der Waals surface area (Å²) >= 11 is 5.48. The van der Waals surface area contributed by atoms with Crippen molar-refractivity contribution in [1.29, 1.82) is 0 Å². The second-order valence-electron chi connectivity index (χ2n) is 3.31. The van der Waals surface area contributed by atoms with E-state index < -0.39 is 17.4 Å². The van der Waals surface area contributed by atoms with E-state index in [2.05, 4.69) is 9.97 Å². The first-order chi connectivity index (χ1) is 8.38. The first-order valence-corrected chi connectivity index (χ1v) is 5.06. The maximum Gasteiger partial charge on any atom is 0.417 e. The normalized spacial score (nSPS) is 11.6. The maximum atomic E-state index is 12.8. The Morgan fingerprint density at radius 1 is 1.17 bits per heavy atom. The third-order valence-electron chi connectivity index (χ3n) is 2.09. The Kier molecular flexibility index (Phi) is 3.08. The summed E-state index contributed by atoms with van der Waals surface area (Å²) in [5, 5.41) is -0.318. The van der Waals surface area contributed by atoms with Gasteiger partial charge in [0.2, 0.25) is 5.28 Å². The van der Waals surface area contributed by atoms with Crippen molar-refractivity contribution in [2.24, 2.45) is 0 Å². The molecule has 0 aliphatic heterocycles. The predicted molar refractivity (Wildman–Crippen MR) is 58.1 cm³/mol. The Bertz CT molecular complexity index is 639. The van der Waals surface area contributed by atoms with E-state index in [1.165, 1.54) is 18.2 Å². The van der Waals surface area contributed by atoms with Crippen LogP contribution >= 0.6 is 11.6 Å². The average molecular weight is 276 g/mol. The van der Waals surface area contributed by atoms with Crippen molar-refractivity contribution >= 4 is 11.6 Å². The number of nitrogens with zero attached hydrogens (tertiary/aromatic N) is 2. The fraction of sp³-hybridized carbons (Fsp3) is 0.100. The minimum Gasteiger partial charge on any atom is -0.280 e. The minimum atomic E-state index is -4.56. The largest absolute Gasteiger partial charge is 0.417 e. The van der Waals surface area contributed by atoms with Gasteiger partial charge in [0.1, 0.15) is 0 Å². The highest BCUT2D eigenvalue weighted by Crippen LogP contribution is 2.35. The van der Waals surface area contributed by atoms with E-state index in [0.29, 0.717) is 0 Å². The molecule has 0 unspecified atom stereocenters. The summed E-state index contributed by atoms with van der Waals surface area (Å²) in [5.74, 6) is -0.364. The lowest BCUT2D eigenvalue weighted by molar-refractivity contribution is -0.137. The summed E-state index contributed by atoms with van der Waals surface area (Å²) in [7, 11) is 0. The maximum absolute atomic E-state index is 12.8. The zero-order valence-electron chi connectivity index (χ0n) is 8.62. The van der Waals surface area contributed by atoms with Crippen LogP contribution in [-0.2, 0) is 6.18 Å². The van der Waals surface area contributed by atoms with Crippen molar-refractivity contribution in [3.8, 4) is 11.4 Å². The molecular weight excluding hydrogens is 271 g/mol. The van der Waals surface area contributed by atoms with E-state index in [-0.39, 0.29) is 16.7 Å². The number of aromatic nitrogens is 3. The number of hydrogen-bond donors (Lipinski definition) is 1. The van der Waals surface area contributed by atoms with Gasteiger partial charge < -0.3 is 0 Å². The molecule has 0 aliphatic carbocycles. The predicted octanol–water partition coefficient (Wildman–Crippen LogP) is 2.50. The smallest absolute Gasteiger partial charge is 0.280 e. The monoisotopic (exact) mass is 275 g/mol. The summed E-state index contributed by atoms with van der Waals surface area (Å²) < 4.78 is 38.3. The minimum absolute atomic E-state index is 0.294. The summed E-state index contributed by atoms with van der Waals surface area (Å²) in [5.41, 5.74) is -2.08. The summed E-state index contributed by atoms with van der Waals surface area (Å²) in [6, 6.07) is 4.69. The Balaban J connectivity index is 2.68. The zero-order valence-corrected chi connectivity index (χ0v) is 9.38. The van der Waals surface area contributed by atoms with E-state index >= 15 is 0 Å². The van der Waals surface area contributed by atoms with E-state index in [0.717, 1.165) is 6.07 Å². The third-order valence-corrected chi connectivity index (χ3v) is 2.27. The van der Waals surface area contributed by atoms with Gasteiger partial charge in [0.25, 0.3) is 0 Å². The van der Waals surface area contributed by atoms with Crippen LogP contribution in [0.15, 0.2) is 29.1 Å². The van der Waals surface area contributed by atoms with Crippen LogP contribution in [0.4, 0.5) is 13.2 Å². The van der Waals surface area contributed by atoms with Gasteiger partial charge in [0.05, 0.1) is 5.56 Å². The van der Waals surface area contributed by atoms with Gasteiger partial charge in [0.15, 0.2) is 5.82 Å². The lowest BCUT2D eigenvalue weighted by atomic mass is 10.1. The molecule has 1 N–H and O–H groups in total. The summed E-state index contributed by atoms with van der Waals surface area (Å²) in [6.45, 7) is 0. The molecule has 1 aromatic heterocycles. The molecule has 0 fully saturated rings. The zero-order chi connectivity index (χ0) is 13.3. The van der Waals surface area contributed by atoms with Gasteiger partial charge in [-0.05, 0) is 17.7 Å². The van der Waals surface area contributed by atoms with Gasteiger partial charge in [-0.3, -0.25) is 4.98 Å². The van der Waals surface area contributed by atoms with Crippen molar-refractivity contribution in [3.63, 3.8) is 0 Å². The van der Waals surface area contributed by atoms with Crippen molar-refractivity contribution in [2.75, 3.05) is 0 Å². The highest BCUT2D eigenvalue weighted by molar-refractivity contribution is 6.28. The van der Waals surface area contributed by atoms with Crippen molar-refractivity contribution in [1.82, 2.24) is 15.0 Å². The molecule has 1 aromatic carbocycles. The van der Waals surface area contributed by atoms with Crippen molar-refractivity contribution in [2.45, 2.75) is 6.18 Å². The Morgan fingerprint density at radius 2 is 1.83 bits per heavy atom. The fourth-order valence-electron chi connectivity index (χ4n) is 1.40. The molecule has 1 heterocycles. The quantitative estimate of drug-likeness (QED) is 0.870. The molecule has 8 heteroatoms. The van der Waals surface area contributed by atoms with Gasteiger partial charge in [-0.2, -0.15) is 23.1 Å². The van der Waals surface area contributed by atoms with E-state index in [9.17, 15) is 18.0 Å². The van der Waals surface area contributed by atoms with Gasteiger partial charge in [0, 0.05) is 5.56 Å². The Morgan fingerprint density at radius 3 is 2.44 bits per heavy atom. The summed E-state index contributed by atoms with van der Waals surface area (Å²) in [4.78, 5) is 20.1. The molecule has 0 spiro atoms. The molecule has 4 nitrogen and oxygen atoms in total. The molecule has 0 amide bonds. The molecule has 0 radical (unpaired) electrons. The van der Waals surface area contributed by atoms with Crippen LogP contribution < -0.4 is 5.69 Å². The number of benzene rings is 1. The van der Waals surface area contributed by atoms with Crippen molar-refractivity contribution < 1.29 is 13.2 Å². The number of nitrogens with one attached hydrogen (secondary N) is 1. The van der Waals surface area contributed by atoms with Crippen LogP contribution in [0.5, 0.6) is 0 Å². The Labute approximate surface area is 103 Å². The van der Waals surface area contributed by atoms with Crippen LogP contribution in [0.2, 0.25) is 5.28 Å². The number of aromatic amines is 1. The third kappa shape index (κ3) is 2.51. The number of hydrogen-bond acceptors (Lipinski definition) is 3. The molecular formula is C10H5ClF3N3O. The highest BCUT2D eigenvalue weighted by Gasteiger charge is 2.34. The SMILES string of the molecule is O=c1nc(-c2ccccc2C(F)(F)F)nc(Cl)[nH]1. The van der Waals surface area contributed by atoms with Crippen LogP contribution in [-0.4, -0.2) is 15.0 Å². The Hall–Kier alpha value is -1.89. The van der Waals surface area contributed by atoms with Gasteiger partial charge in [-0.1, -0.05) is 18.2 Å².